The Bertz CT molecular complexity index is 1180. The van der Waals surface area contributed by atoms with Crippen LogP contribution in [-0.4, -0.2) is 66.1 Å². The zero-order valence-electron chi connectivity index (χ0n) is 19.6. The number of nitrogen functional groups attached to an aromatic ring is 1. The molecule has 180 valence electrons. The summed E-state index contributed by atoms with van der Waals surface area (Å²) in [5.74, 6) is 1.30. The third kappa shape index (κ3) is 4.91. The molecule has 1 aliphatic rings. The number of hydrogen-bond acceptors (Lipinski definition) is 9. The number of amides is 1. The number of nitrogens with two attached hydrogens (primary N) is 1. The largest absolute Gasteiger partial charge is 0.497 e. The van der Waals surface area contributed by atoms with Gasteiger partial charge in [-0.25, -0.2) is 9.78 Å². The minimum absolute atomic E-state index is 0.0203. The van der Waals surface area contributed by atoms with Crippen molar-refractivity contribution in [1.29, 1.82) is 0 Å². The minimum atomic E-state index is -0.399. The fourth-order valence-electron chi connectivity index (χ4n) is 4.24. The monoisotopic (exact) mass is 483 g/mol. The Kier molecular flexibility index (Phi) is 7.16. The van der Waals surface area contributed by atoms with Crippen LogP contribution >= 0.6 is 11.3 Å². The van der Waals surface area contributed by atoms with Crippen molar-refractivity contribution in [1.82, 2.24) is 14.9 Å². The van der Waals surface area contributed by atoms with E-state index in [-0.39, 0.29) is 24.5 Å². The molecule has 4 rings (SSSR count). The second-order valence-corrected chi connectivity index (χ2v) is 9.04. The number of rotatable bonds is 7. The van der Waals surface area contributed by atoms with Crippen LogP contribution in [0.4, 0.5) is 11.8 Å². The highest BCUT2D eigenvalue weighted by Crippen LogP contribution is 2.34. The Balaban J connectivity index is 1.47. The summed E-state index contributed by atoms with van der Waals surface area (Å²) in [4.78, 5) is 38.9. The van der Waals surface area contributed by atoms with Crippen LogP contribution in [0.2, 0.25) is 0 Å². The van der Waals surface area contributed by atoms with Crippen molar-refractivity contribution in [3.8, 4) is 5.75 Å². The fourth-order valence-corrected chi connectivity index (χ4v) is 5.14. The molecule has 0 spiro atoms. The summed E-state index contributed by atoms with van der Waals surface area (Å²) >= 11 is 1.34. The summed E-state index contributed by atoms with van der Waals surface area (Å²) in [6, 6.07) is 7.77. The molecule has 3 heterocycles. The molecule has 9 nitrogen and oxygen atoms in total. The summed E-state index contributed by atoms with van der Waals surface area (Å²) in [5.41, 5.74) is 7.51. The average molecular weight is 484 g/mol. The lowest BCUT2D eigenvalue weighted by atomic mass is 10.1. The number of methoxy groups -OCH3 is 1. The van der Waals surface area contributed by atoms with Gasteiger partial charge >= 0.3 is 5.97 Å². The van der Waals surface area contributed by atoms with Crippen LogP contribution < -0.4 is 15.4 Å². The van der Waals surface area contributed by atoms with Crippen LogP contribution in [0.1, 0.15) is 36.2 Å². The molecule has 34 heavy (non-hydrogen) atoms. The van der Waals surface area contributed by atoms with Crippen LogP contribution in [0.25, 0.3) is 10.2 Å². The van der Waals surface area contributed by atoms with Crippen molar-refractivity contribution in [3.05, 3.63) is 40.8 Å². The van der Waals surface area contributed by atoms with Crippen molar-refractivity contribution >= 4 is 45.2 Å². The van der Waals surface area contributed by atoms with E-state index in [0.29, 0.717) is 54.1 Å². The van der Waals surface area contributed by atoms with Gasteiger partial charge in [0.15, 0.2) is 0 Å². The van der Waals surface area contributed by atoms with Crippen molar-refractivity contribution in [2.75, 3.05) is 44.0 Å². The van der Waals surface area contributed by atoms with Crippen molar-refractivity contribution in [3.63, 3.8) is 0 Å². The van der Waals surface area contributed by atoms with Gasteiger partial charge in [0.05, 0.1) is 24.7 Å². The van der Waals surface area contributed by atoms with Gasteiger partial charge in [0.2, 0.25) is 11.9 Å². The number of fused-ring (bicyclic) bond motifs is 1. The molecule has 1 unspecified atom stereocenters. The molecule has 2 N–H and O–H groups in total. The predicted octanol–water partition coefficient (Wildman–Crippen LogP) is 3.13. The smallest absolute Gasteiger partial charge is 0.339 e. The number of aromatic nitrogens is 2. The van der Waals surface area contributed by atoms with Gasteiger partial charge in [0, 0.05) is 37.5 Å². The molecule has 0 radical (unpaired) electrons. The maximum atomic E-state index is 13.0. The fraction of sp³-hybridized carbons (Fsp3) is 0.417. The summed E-state index contributed by atoms with van der Waals surface area (Å²) < 4.78 is 10.4. The van der Waals surface area contributed by atoms with Crippen LogP contribution in [0.3, 0.4) is 0 Å². The van der Waals surface area contributed by atoms with Gasteiger partial charge in [0.1, 0.15) is 16.4 Å². The molecule has 0 aliphatic carbocycles. The SMILES string of the molecule is CCOC(=O)c1csc2nc(N)nc(N3CCN(C(=O)CCc4ccc(OC)cc4)C(C)C3)c12. The van der Waals surface area contributed by atoms with Crippen LogP contribution in [-0.2, 0) is 16.0 Å². The van der Waals surface area contributed by atoms with E-state index in [4.69, 9.17) is 15.2 Å². The average Bonchev–Trinajstić information content (AvgIpc) is 3.26. The number of piperazine rings is 1. The third-order valence-corrected chi connectivity index (χ3v) is 6.83. The number of nitrogens with zero attached hydrogens (tertiary/aromatic N) is 4. The van der Waals surface area contributed by atoms with Crippen molar-refractivity contribution in [2.45, 2.75) is 32.7 Å². The van der Waals surface area contributed by atoms with Gasteiger partial charge in [0.25, 0.3) is 0 Å². The van der Waals surface area contributed by atoms with E-state index >= 15 is 0 Å². The number of benzene rings is 1. The highest BCUT2D eigenvalue weighted by molar-refractivity contribution is 7.17. The quantitative estimate of drug-likeness (QED) is 0.510. The van der Waals surface area contributed by atoms with Crippen molar-refractivity contribution in [2.24, 2.45) is 0 Å². The Morgan fingerprint density at radius 2 is 1.97 bits per heavy atom. The van der Waals surface area contributed by atoms with E-state index in [1.165, 1.54) is 11.3 Å². The molecule has 1 aliphatic heterocycles. The highest BCUT2D eigenvalue weighted by atomic mass is 32.1. The van der Waals surface area contributed by atoms with Crippen LogP contribution in [0.5, 0.6) is 5.75 Å². The third-order valence-electron chi connectivity index (χ3n) is 5.96. The molecule has 1 aromatic carbocycles. The van der Waals surface area contributed by atoms with E-state index in [1.807, 2.05) is 36.1 Å². The summed E-state index contributed by atoms with van der Waals surface area (Å²) in [6.07, 6.45) is 1.12. The lowest BCUT2D eigenvalue weighted by Gasteiger charge is -2.40. The van der Waals surface area contributed by atoms with Crippen LogP contribution in [0.15, 0.2) is 29.6 Å². The van der Waals surface area contributed by atoms with Crippen LogP contribution in [0, 0.1) is 0 Å². The van der Waals surface area contributed by atoms with Gasteiger partial charge in [-0.2, -0.15) is 4.98 Å². The van der Waals surface area contributed by atoms with E-state index in [2.05, 4.69) is 14.9 Å². The summed E-state index contributed by atoms with van der Waals surface area (Å²) in [5, 5.41) is 2.40. The van der Waals surface area contributed by atoms with Gasteiger partial charge in [-0.3, -0.25) is 4.79 Å². The molecule has 0 saturated carbocycles. The second-order valence-electron chi connectivity index (χ2n) is 8.19. The van der Waals surface area contributed by atoms with E-state index in [1.54, 1.807) is 19.4 Å². The Hall–Kier alpha value is -3.40. The number of aryl methyl sites for hydroxylation is 1. The molecule has 0 bridgehead atoms. The molecule has 1 saturated heterocycles. The van der Waals surface area contributed by atoms with Gasteiger partial charge in [-0.1, -0.05) is 12.1 Å². The molecule has 1 fully saturated rings. The summed E-state index contributed by atoms with van der Waals surface area (Å²) in [6.45, 7) is 5.82. The second kappa shape index (κ2) is 10.3. The standard InChI is InChI=1S/C24H29N5O4S/c1-4-33-23(31)18-14-34-22-20(18)21(26-24(25)27-22)28-11-12-29(15(2)13-28)19(30)10-7-16-5-8-17(32-3)9-6-16/h5-6,8-9,14-15H,4,7,10-13H2,1-3H3,(H2,25,26,27). The topological polar surface area (TPSA) is 111 Å². The number of carbonyl (C=O) groups is 2. The van der Waals surface area contributed by atoms with E-state index in [9.17, 15) is 9.59 Å². The van der Waals surface area contributed by atoms with Gasteiger partial charge in [-0.05, 0) is 38.0 Å². The maximum Gasteiger partial charge on any atom is 0.339 e. The van der Waals surface area contributed by atoms with E-state index in [0.717, 1.165) is 11.3 Å². The zero-order valence-corrected chi connectivity index (χ0v) is 20.4. The minimum Gasteiger partial charge on any atom is -0.497 e. The number of carbonyl (C=O) groups excluding carboxylic acids is 2. The Morgan fingerprint density at radius 3 is 2.65 bits per heavy atom. The molecule has 10 heteroatoms. The number of ether oxygens (including phenoxy) is 2. The zero-order chi connectivity index (χ0) is 24.2. The molecule has 2 aromatic heterocycles. The first kappa shape index (κ1) is 23.7. The van der Waals surface area contributed by atoms with E-state index < -0.39 is 5.97 Å². The highest BCUT2D eigenvalue weighted by Gasteiger charge is 2.30. The lowest BCUT2D eigenvalue weighted by Crippen LogP contribution is -2.54. The first-order chi connectivity index (χ1) is 16.4. The summed E-state index contributed by atoms with van der Waals surface area (Å²) in [7, 11) is 1.64. The molecule has 3 aromatic rings. The van der Waals surface area contributed by atoms with Crippen molar-refractivity contribution < 1.29 is 19.1 Å². The molecule has 1 atom stereocenters. The maximum absolute atomic E-state index is 13.0. The molecular formula is C24H29N5O4S. The Labute approximate surface area is 202 Å². The van der Waals surface area contributed by atoms with Gasteiger partial charge in [-0.15, -0.1) is 11.3 Å². The number of thiophene rings is 1. The number of hydrogen-bond donors (Lipinski definition) is 1. The molecular weight excluding hydrogens is 454 g/mol. The molecule has 1 amide bonds. The first-order valence-corrected chi connectivity index (χ1v) is 12.2. The lowest BCUT2D eigenvalue weighted by molar-refractivity contribution is -0.133. The Morgan fingerprint density at radius 1 is 1.21 bits per heavy atom. The first-order valence-electron chi connectivity index (χ1n) is 11.3. The van der Waals surface area contributed by atoms with Gasteiger partial charge < -0.3 is 25.0 Å². The normalized spacial score (nSPS) is 16.0. The predicted molar refractivity (Wildman–Crippen MR) is 132 cm³/mol. The number of esters is 1. The number of anilines is 2.